The molecule has 0 amide bonds. The molecule has 22 heavy (non-hydrogen) atoms. The lowest BCUT2D eigenvalue weighted by Crippen LogP contribution is -1.80. The summed E-state index contributed by atoms with van der Waals surface area (Å²) < 4.78 is 11.0. The number of rotatable bonds is 4. The van der Waals surface area contributed by atoms with E-state index in [-0.39, 0.29) is 0 Å². The van der Waals surface area contributed by atoms with Gasteiger partial charge in [0.05, 0.1) is 11.3 Å². The van der Waals surface area contributed by atoms with Gasteiger partial charge in [0.25, 0.3) is 11.1 Å². The zero-order valence-electron chi connectivity index (χ0n) is 11.6. The number of aryl methyl sites for hydroxylation is 1. The molecule has 1 aromatic carbocycles. The van der Waals surface area contributed by atoms with Crippen molar-refractivity contribution in [1.29, 1.82) is 0 Å². The molecule has 0 aliphatic carbocycles. The van der Waals surface area contributed by atoms with Crippen LogP contribution in [-0.4, -0.2) is 25.4 Å². The van der Waals surface area contributed by atoms with Gasteiger partial charge < -0.3 is 13.8 Å². The maximum atomic E-state index is 5.70. The molecule has 4 aromatic rings. The first-order valence-electron chi connectivity index (χ1n) is 6.61. The van der Waals surface area contributed by atoms with E-state index in [1.807, 2.05) is 30.5 Å². The molecule has 1 N–H and O–H groups in total. The van der Waals surface area contributed by atoms with E-state index in [9.17, 15) is 0 Å². The van der Waals surface area contributed by atoms with Crippen molar-refractivity contribution in [3.05, 3.63) is 42.2 Å². The van der Waals surface area contributed by atoms with Gasteiger partial charge in [-0.2, -0.15) is 0 Å². The fourth-order valence-corrected chi connectivity index (χ4v) is 2.74. The van der Waals surface area contributed by atoms with Crippen molar-refractivity contribution in [1.82, 2.24) is 25.4 Å². The van der Waals surface area contributed by atoms with E-state index < -0.39 is 0 Å². The molecule has 0 radical (unpaired) electrons. The summed E-state index contributed by atoms with van der Waals surface area (Å²) >= 11 is 1.36. The van der Waals surface area contributed by atoms with Crippen LogP contribution in [0.1, 0.15) is 11.8 Å². The smallest absolute Gasteiger partial charge is 0.277 e. The van der Waals surface area contributed by atoms with E-state index >= 15 is 0 Å². The van der Waals surface area contributed by atoms with Crippen molar-refractivity contribution in [3.63, 3.8) is 0 Å². The minimum Gasteiger partial charge on any atom is -0.425 e. The van der Waals surface area contributed by atoms with E-state index in [0.29, 0.717) is 28.6 Å². The molecule has 110 valence electrons. The topological polar surface area (TPSA) is 93.6 Å². The summed E-state index contributed by atoms with van der Waals surface area (Å²) in [6.07, 6.45) is 1.87. The molecule has 7 nitrogen and oxygen atoms in total. The quantitative estimate of drug-likeness (QED) is 0.578. The maximum Gasteiger partial charge on any atom is 0.277 e. The molecule has 0 atom stereocenters. The van der Waals surface area contributed by atoms with Gasteiger partial charge in [0, 0.05) is 24.0 Å². The van der Waals surface area contributed by atoms with Gasteiger partial charge in [-0.05, 0) is 6.07 Å². The number of nitrogens with zero attached hydrogens (tertiary/aromatic N) is 4. The molecule has 8 heteroatoms. The van der Waals surface area contributed by atoms with Crippen molar-refractivity contribution >= 4 is 22.7 Å². The Morgan fingerprint density at radius 2 is 2.00 bits per heavy atom. The molecular formula is C14H11N5O2S. The SMILES string of the molecule is Cc1nnc(CSc2nnc(-c3c[nH]c4ccccc34)o2)o1. The molecule has 0 fully saturated rings. The predicted molar refractivity (Wildman–Crippen MR) is 80.2 cm³/mol. The Labute approximate surface area is 129 Å². The van der Waals surface area contributed by atoms with E-state index in [4.69, 9.17) is 8.83 Å². The number of H-pyrrole nitrogens is 1. The highest BCUT2D eigenvalue weighted by Crippen LogP contribution is 2.30. The Balaban J connectivity index is 1.56. The van der Waals surface area contributed by atoms with E-state index in [1.54, 1.807) is 6.92 Å². The number of hydrogen-bond donors (Lipinski definition) is 1. The van der Waals surface area contributed by atoms with Crippen molar-refractivity contribution in [2.24, 2.45) is 0 Å². The molecule has 4 rings (SSSR count). The number of fused-ring (bicyclic) bond motifs is 1. The summed E-state index contributed by atoms with van der Waals surface area (Å²) in [4.78, 5) is 3.19. The summed E-state index contributed by atoms with van der Waals surface area (Å²) in [5, 5.41) is 17.4. The molecular weight excluding hydrogens is 302 g/mol. The van der Waals surface area contributed by atoms with Crippen LogP contribution in [0.15, 0.2) is 44.5 Å². The zero-order chi connectivity index (χ0) is 14.9. The summed E-state index contributed by atoms with van der Waals surface area (Å²) in [5.74, 6) is 2.06. The molecule has 3 aromatic heterocycles. The van der Waals surface area contributed by atoms with Gasteiger partial charge in [0.2, 0.25) is 11.8 Å². The fraction of sp³-hybridized carbons (Fsp3) is 0.143. The molecule has 0 bridgehead atoms. The van der Waals surface area contributed by atoms with Gasteiger partial charge >= 0.3 is 0 Å². The lowest BCUT2D eigenvalue weighted by atomic mass is 10.2. The number of para-hydroxylation sites is 1. The molecule has 0 saturated heterocycles. The Bertz CT molecular complexity index is 926. The minimum atomic E-state index is 0.469. The van der Waals surface area contributed by atoms with Crippen LogP contribution in [0.25, 0.3) is 22.4 Å². The van der Waals surface area contributed by atoms with E-state index in [0.717, 1.165) is 16.5 Å². The molecule has 0 saturated carbocycles. The Morgan fingerprint density at radius 1 is 1.09 bits per heavy atom. The fourth-order valence-electron chi connectivity index (χ4n) is 2.14. The van der Waals surface area contributed by atoms with Crippen LogP contribution in [0.4, 0.5) is 0 Å². The van der Waals surface area contributed by atoms with Gasteiger partial charge in [0.15, 0.2) is 0 Å². The molecule has 0 aliphatic rings. The van der Waals surface area contributed by atoms with Crippen LogP contribution in [0.2, 0.25) is 0 Å². The van der Waals surface area contributed by atoms with Gasteiger partial charge in [-0.25, -0.2) is 0 Å². The second kappa shape index (κ2) is 5.30. The van der Waals surface area contributed by atoms with E-state index in [2.05, 4.69) is 25.4 Å². The van der Waals surface area contributed by atoms with Crippen molar-refractivity contribution < 1.29 is 8.83 Å². The lowest BCUT2D eigenvalue weighted by Gasteiger charge is -1.92. The number of thioether (sulfide) groups is 1. The number of aromatic nitrogens is 5. The highest BCUT2D eigenvalue weighted by atomic mass is 32.2. The molecule has 0 spiro atoms. The summed E-state index contributed by atoms with van der Waals surface area (Å²) in [7, 11) is 0. The van der Waals surface area contributed by atoms with Crippen molar-refractivity contribution in [2.75, 3.05) is 0 Å². The van der Waals surface area contributed by atoms with Crippen LogP contribution in [0.5, 0.6) is 0 Å². The second-order valence-electron chi connectivity index (χ2n) is 4.62. The van der Waals surface area contributed by atoms with Crippen molar-refractivity contribution in [2.45, 2.75) is 17.9 Å². The largest absolute Gasteiger partial charge is 0.425 e. The third-order valence-electron chi connectivity index (χ3n) is 3.11. The first-order valence-corrected chi connectivity index (χ1v) is 7.60. The first kappa shape index (κ1) is 13.1. The second-order valence-corrected chi connectivity index (χ2v) is 5.55. The highest BCUT2D eigenvalue weighted by Gasteiger charge is 2.14. The van der Waals surface area contributed by atoms with Gasteiger partial charge in [0.1, 0.15) is 0 Å². The van der Waals surface area contributed by atoms with Crippen LogP contribution >= 0.6 is 11.8 Å². The Morgan fingerprint density at radius 3 is 2.86 bits per heavy atom. The number of aromatic amines is 1. The number of benzene rings is 1. The maximum absolute atomic E-state index is 5.70. The molecule has 0 aliphatic heterocycles. The Hall–Kier alpha value is -2.61. The van der Waals surface area contributed by atoms with Crippen LogP contribution < -0.4 is 0 Å². The minimum absolute atomic E-state index is 0.469. The van der Waals surface area contributed by atoms with Crippen LogP contribution in [-0.2, 0) is 5.75 Å². The van der Waals surface area contributed by atoms with Crippen LogP contribution in [0, 0.1) is 6.92 Å². The zero-order valence-corrected chi connectivity index (χ0v) is 12.4. The van der Waals surface area contributed by atoms with Gasteiger partial charge in [-0.15, -0.1) is 20.4 Å². The third kappa shape index (κ3) is 2.37. The monoisotopic (exact) mass is 313 g/mol. The van der Waals surface area contributed by atoms with E-state index in [1.165, 1.54) is 11.8 Å². The lowest BCUT2D eigenvalue weighted by molar-refractivity contribution is 0.462. The average Bonchev–Trinajstić information content (AvgIpc) is 3.23. The first-order chi connectivity index (χ1) is 10.8. The number of hydrogen-bond acceptors (Lipinski definition) is 7. The summed E-state index contributed by atoms with van der Waals surface area (Å²) in [5.41, 5.74) is 1.93. The predicted octanol–water partition coefficient (Wildman–Crippen LogP) is 3.20. The molecule has 3 heterocycles. The number of nitrogens with one attached hydrogen (secondary N) is 1. The summed E-state index contributed by atoms with van der Waals surface area (Å²) in [6.45, 7) is 1.75. The Kier molecular flexibility index (Phi) is 3.15. The van der Waals surface area contributed by atoms with Gasteiger partial charge in [-0.3, -0.25) is 0 Å². The molecule has 0 unspecified atom stereocenters. The normalized spacial score (nSPS) is 11.3. The third-order valence-corrected chi connectivity index (χ3v) is 3.92. The summed E-state index contributed by atoms with van der Waals surface area (Å²) in [6, 6.07) is 7.97. The van der Waals surface area contributed by atoms with Gasteiger partial charge in [-0.1, -0.05) is 30.0 Å². The average molecular weight is 313 g/mol. The van der Waals surface area contributed by atoms with Crippen LogP contribution in [0.3, 0.4) is 0 Å². The van der Waals surface area contributed by atoms with Crippen molar-refractivity contribution in [3.8, 4) is 11.5 Å². The standard InChI is InChI=1S/C14H11N5O2S/c1-8-16-17-12(20-8)7-22-14-19-18-13(21-14)10-6-15-11-5-3-2-4-9(10)11/h2-6,15H,7H2,1H3. The highest BCUT2D eigenvalue weighted by molar-refractivity contribution is 7.98.